The zero-order valence-electron chi connectivity index (χ0n) is 15.3. The number of hydrogen-bond donors (Lipinski definition) is 0. The molecule has 0 radical (unpaired) electrons. The van der Waals surface area contributed by atoms with Gasteiger partial charge in [-0.3, -0.25) is 0 Å². The fourth-order valence-electron chi connectivity index (χ4n) is 3.00. The number of methoxy groups -OCH3 is 1. The Labute approximate surface area is 156 Å². The smallest absolute Gasteiger partial charge is 0.341 e. The Morgan fingerprint density at radius 2 is 1.38 bits per heavy atom. The van der Waals surface area contributed by atoms with Crippen molar-refractivity contribution in [2.24, 2.45) is 0 Å². The third-order valence-electron chi connectivity index (χ3n) is 4.34. The van der Waals surface area contributed by atoms with Gasteiger partial charge in [0.2, 0.25) is 0 Å². The molecule has 0 heterocycles. The van der Waals surface area contributed by atoms with Crippen molar-refractivity contribution in [1.29, 1.82) is 0 Å². The molecule has 0 aromatic heterocycles. The zero-order valence-corrected chi connectivity index (χ0v) is 16.3. The van der Waals surface area contributed by atoms with Gasteiger partial charge in [-0.1, -0.05) is 30.3 Å². The van der Waals surface area contributed by atoms with Crippen molar-refractivity contribution < 1.29 is 9.53 Å². The lowest BCUT2D eigenvalue weighted by Gasteiger charge is -2.16. The first-order valence-electron chi connectivity index (χ1n) is 8.49. The molecule has 3 rings (SSSR count). The van der Waals surface area contributed by atoms with E-state index in [0.29, 0.717) is 5.56 Å². The Morgan fingerprint density at radius 1 is 0.808 bits per heavy atom. The zero-order chi connectivity index (χ0) is 18.5. The predicted octanol–water partition coefficient (Wildman–Crippen LogP) is 3.03. The minimum Gasteiger partial charge on any atom is -0.465 e. The minimum atomic E-state index is -1.32. The van der Waals surface area contributed by atoms with Gasteiger partial charge in [-0.15, -0.1) is 0 Å². The number of rotatable bonds is 5. The number of anilines is 1. The summed E-state index contributed by atoms with van der Waals surface area (Å²) in [7, 11) is 4.17. The fourth-order valence-corrected chi connectivity index (χ4v) is 5.70. The largest absolute Gasteiger partial charge is 0.465 e. The quantitative estimate of drug-likeness (QED) is 0.515. The number of benzene rings is 3. The van der Waals surface area contributed by atoms with E-state index >= 15 is 0 Å². The Morgan fingerprint density at radius 3 is 2.00 bits per heavy atom. The van der Waals surface area contributed by atoms with Crippen LogP contribution in [-0.4, -0.2) is 27.2 Å². The van der Waals surface area contributed by atoms with E-state index in [9.17, 15) is 4.79 Å². The topological polar surface area (TPSA) is 29.5 Å². The van der Waals surface area contributed by atoms with E-state index < -0.39 is 7.92 Å². The number of carbonyl (C=O) groups excluding carboxylic acids is 1. The molecule has 0 aliphatic heterocycles. The third kappa shape index (κ3) is 3.79. The number of carbonyl (C=O) groups is 1. The number of esters is 1. The molecule has 3 aromatic rings. The lowest BCUT2D eigenvalue weighted by atomic mass is 10.2. The van der Waals surface area contributed by atoms with Crippen LogP contribution in [0.2, 0.25) is 0 Å². The van der Waals surface area contributed by atoms with Crippen LogP contribution in [0.4, 0.5) is 5.69 Å². The van der Waals surface area contributed by atoms with Crippen molar-refractivity contribution in [2.75, 3.05) is 26.1 Å². The Balaban J connectivity index is 2.16. The molecule has 3 aromatic carbocycles. The van der Waals surface area contributed by atoms with Crippen LogP contribution in [-0.2, 0) is 4.74 Å². The number of hydrogen-bond acceptors (Lipinski definition) is 3. The van der Waals surface area contributed by atoms with Gasteiger partial charge in [0.05, 0.1) is 15.0 Å². The Bertz CT molecular complexity index is 876. The van der Waals surface area contributed by atoms with Crippen LogP contribution in [0.15, 0.2) is 78.9 Å². The molecule has 0 amide bonds. The monoisotopic (exact) mass is 364 g/mol. The first kappa shape index (κ1) is 18.2. The van der Waals surface area contributed by atoms with Crippen LogP contribution in [0.25, 0.3) is 0 Å². The second-order valence-corrected chi connectivity index (χ2v) is 8.66. The maximum atomic E-state index is 12.3. The lowest BCUT2D eigenvalue weighted by molar-refractivity contribution is 0.0602. The van der Waals surface area contributed by atoms with Gasteiger partial charge < -0.3 is 9.64 Å². The van der Waals surface area contributed by atoms with Gasteiger partial charge in [-0.05, 0) is 48.5 Å². The van der Waals surface area contributed by atoms with Crippen molar-refractivity contribution >= 4 is 35.5 Å². The maximum Gasteiger partial charge on any atom is 0.341 e. The predicted molar refractivity (Wildman–Crippen MR) is 112 cm³/mol. The summed E-state index contributed by atoms with van der Waals surface area (Å²) < 4.78 is 5.02. The van der Waals surface area contributed by atoms with Crippen LogP contribution >= 0.6 is 7.92 Å². The van der Waals surface area contributed by atoms with Crippen LogP contribution < -0.4 is 20.8 Å². The average molecular weight is 364 g/mol. The summed E-state index contributed by atoms with van der Waals surface area (Å²) >= 11 is 0. The van der Waals surface area contributed by atoms with E-state index in [2.05, 4.69) is 53.4 Å². The first-order chi connectivity index (χ1) is 12.6. The van der Waals surface area contributed by atoms with Crippen molar-refractivity contribution in [3.8, 4) is 0 Å². The molecule has 0 fully saturated rings. The normalized spacial score (nSPS) is 11.7. The van der Waals surface area contributed by atoms with Crippen LogP contribution in [0.5, 0.6) is 0 Å². The summed E-state index contributed by atoms with van der Waals surface area (Å²) in [5.41, 5.74) is 1.80. The second-order valence-electron chi connectivity index (χ2n) is 6.22. The van der Waals surface area contributed by atoms with Crippen molar-refractivity contribution in [1.82, 2.24) is 0 Å². The molecule has 132 valence electrons. The summed E-state index contributed by atoms with van der Waals surface area (Å²) in [6, 6.07) is 26.8. The van der Waals surface area contributed by atoms with E-state index in [4.69, 9.17) is 4.74 Å². The van der Waals surface area contributed by atoms with Gasteiger partial charge >= 0.3 is 5.97 Å². The Kier molecular flexibility index (Phi) is 5.70. The van der Waals surface area contributed by atoms with Crippen molar-refractivity contribution in [3.63, 3.8) is 0 Å². The molecule has 26 heavy (non-hydrogen) atoms. The van der Waals surface area contributed by atoms with E-state index in [0.717, 1.165) is 11.0 Å². The van der Waals surface area contributed by atoms with Crippen LogP contribution in [0, 0.1) is 0 Å². The third-order valence-corrected chi connectivity index (χ3v) is 7.13. The van der Waals surface area contributed by atoms with Crippen molar-refractivity contribution in [2.45, 2.75) is 0 Å². The molecule has 0 spiro atoms. The van der Waals surface area contributed by atoms with Crippen LogP contribution in [0.3, 0.4) is 0 Å². The molecular formula is C22H23NO2P+. The summed E-state index contributed by atoms with van der Waals surface area (Å²) in [6.07, 6.45) is 0. The van der Waals surface area contributed by atoms with Gasteiger partial charge in [0.15, 0.2) is 0 Å². The highest BCUT2D eigenvalue weighted by molar-refractivity contribution is 7.80. The highest BCUT2D eigenvalue weighted by Gasteiger charge is 2.30. The van der Waals surface area contributed by atoms with Gasteiger partial charge in [-0.25, -0.2) is 4.79 Å². The minimum absolute atomic E-state index is 0.288. The van der Waals surface area contributed by atoms with Gasteiger partial charge in [0.1, 0.15) is 21.5 Å². The van der Waals surface area contributed by atoms with Crippen molar-refractivity contribution in [3.05, 3.63) is 84.4 Å². The summed E-state index contributed by atoms with van der Waals surface area (Å²) in [5.74, 6) is -0.288. The Hall–Kier alpha value is -2.64. The number of nitrogens with zero attached hydrogens (tertiary/aromatic N) is 1. The molecule has 1 unspecified atom stereocenters. The summed E-state index contributed by atoms with van der Waals surface area (Å²) in [6.45, 7) is 0. The van der Waals surface area contributed by atoms with E-state index in [1.165, 1.54) is 17.7 Å². The van der Waals surface area contributed by atoms with Gasteiger partial charge in [-0.2, -0.15) is 0 Å². The SMILES string of the molecule is COC(=O)c1ccccc1[PH+](c1ccccc1)c1ccc(N(C)C)cc1. The lowest BCUT2D eigenvalue weighted by Crippen LogP contribution is -2.25. The van der Waals surface area contributed by atoms with E-state index in [1.807, 2.05) is 44.4 Å². The van der Waals surface area contributed by atoms with E-state index in [1.54, 1.807) is 0 Å². The van der Waals surface area contributed by atoms with Gasteiger partial charge in [0.25, 0.3) is 0 Å². The molecule has 0 N–H and O–H groups in total. The molecule has 4 heteroatoms. The number of ether oxygens (including phenoxy) is 1. The molecule has 1 atom stereocenters. The maximum absolute atomic E-state index is 12.3. The highest BCUT2D eigenvalue weighted by atomic mass is 31.1. The van der Waals surface area contributed by atoms with Gasteiger partial charge in [0, 0.05) is 19.8 Å². The second kappa shape index (κ2) is 8.16. The molecule has 0 aliphatic rings. The fraction of sp³-hybridized carbons (Fsp3) is 0.136. The molecular weight excluding hydrogens is 341 g/mol. The molecule has 0 aliphatic carbocycles. The highest BCUT2D eigenvalue weighted by Crippen LogP contribution is 2.34. The summed E-state index contributed by atoms with van der Waals surface area (Å²) in [4.78, 5) is 14.4. The molecule has 3 nitrogen and oxygen atoms in total. The molecule has 0 saturated heterocycles. The molecule has 0 bridgehead atoms. The first-order valence-corrected chi connectivity index (χ1v) is 9.99. The average Bonchev–Trinajstić information content (AvgIpc) is 2.69. The molecule has 0 saturated carbocycles. The summed E-state index contributed by atoms with van der Waals surface area (Å²) in [5, 5.41) is 3.53. The van der Waals surface area contributed by atoms with Crippen LogP contribution in [0.1, 0.15) is 10.4 Å². The van der Waals surface area contributed by atoms with E-state index in [-0.39, 0.29) is 5.97 Å². The standard InChI is InChI=1S/C22H22NO2P/c1-23(2)17-13-15-19(16-14-17)26(18-9-5-4-6-10-18)21-12-8-7-11-20(21)22(24)25-3/h4-16H,1-3H3/p+1.